The van der Waals surface area contributed by atoms with Crippen molar-refractivity contribution in [3.63, 3.8) is 0 Å². The summed E-state index contributed by atoms with van der Waals surface area (Å²) in [5, 5.41) is 14.6. The molecular formula is C13H12N4OS2. The molecule has 0 saturated carbocycles. The minimum atomic E-state index is 0.527. The standard InChI is InChI=1S/C13H12N4OS2/c1-18-11-6-4-3-5-9(11)8-15-16-12-10(7-14)13(19-2)17-20-12/h3-6,8,16H,1-2H3/b15-8+. The Balaban J connectivity index is 2.15. The Bertz CT molecular complexity index is 661. The summed E-state index contributed by atoms with van der Waals surface area (Å²) in [5.41, 5.74) is 4.24. The molecule has 20 heavy (non-hydrogen) atoms. The van der Waals surface area contributed by atoms with Gasteiger partial charge in [-0.05, 0) is 29.9 Å². The lowest BCUT2D eigenvalue weighted by Gasteiger charge is -2.02. The fourth-order valence-corrected chi connectivity index (χ4v) is 2.94. The lowest BCUT2D eigenvalue weighted by molar-refractivity contribution is 0.414. The van der Waals surface area contributed by atoms with Crippen molar-refractivity contribution in [2.24, 2.45) is 5.10 Å². The number of hydrogen-bond donors (Lipinski definition) is 1. The van der Waals surface area contributed by atoms with Gasteiger partial charge in [0.15, 0.2) is 0 Å². The highest BCUT2D eigenvalue weighted by atomic mass is 32.2. The highest BCUT2D eigenvalue weighted by molar-refractivity contribution is 7.98. The third-order valence-corrected chi connectivity index (χ3v) is 4.02. The summed E-state index contributed by atoms with van der Waals surface area (Å²) in [7, 11) is 1.61. The fourth-order valence-electron chi connectivity index (χ4n) is 1.52. The highest BCUT2D eigenvalue weighted by Crippen LogP contribution is 2.29. The van der Waals surface area contributed by atoms with Crippen molar-refractivity contribution in [3.05, 3.63) is 35.4 Å². The molecule has 1 N–H and O–H groups in total. The van der Waals surface area contributed by atoms with Gasteiger partial charge < -0.3 is 4.74 Å². The summed E-state index contributed by atoms with van der Waals surface area (Å²) >= 11 is 2.66. The number of nitrogens with one attached hydrogen (secondary N) is 1. The average Bonchev–Trinajstić information content (AvgIpc) is 2.89. The molecule has 5 nitrogen and oxygen atoms in total. The van der Waals surface area contributed by atoms with Crippen molar-refractivity contribution in [2.75, 3.05) is 18.8 Å². The molecule has 0 aliphatic carbocycles. The number of aromatic nitrogens is 1. The van der Waals surface area contributed by atoms with Crippen LogP contribution in [0.2, 0.25) is 0 Å². The average molecular weight is 304 g/mol. The molecular weight excluding hydrogens is 292 g/mol. The van der Waals surface area contributed by atoms with Crippen LogP contribution in [0.3, 0.4) is 0 Å². The van der Waals surface area contributed by atoms with E-state index in [4.69, 9.17) is 10.00 Å². The van der Waals surface area contributed by atoms with Gasteiger partial charge in [0.1, 0.15) is 27.4 Å². The van der Waals surface area contributed by atoms with Gasteiger partial charge in [-0.25, -0.2) is 0 Å². The first-order valence-corrected chi connectivity index (χ1v) is 7.65. The number of methoxy groups -OCH3 is 1. The lowest BCUT2D eigenvalue weighted by Crippen LogP contribution is -1.93. The Labute approximate surface area is 125 Å². The number of ether oxygens (including phenoxy) is 1. The van der Waals surface area contributed by atoms with E-state index in [0.29, 0.717) is 15.6 Å². The highest BCUT2D eigenvalue weighted by Gasteiger charge is 2.11. The molecule has 1 aromatic carbocycles. The number of nitriles is 1. The number of benzene rings is 1. The van der Waals surface area contributed by atoms with Crippen LogP contribution in [0.5, 0.6) is 5.75 Å². The minimum Gasteiger partial charge on any atom is -0.496 e. The Morgan fingerprint density at radius 1 is 1.50 bits per heavy atom. The van der Waals surface area contributed by atoms with Gasteiger partial charge >= 0.3 is 0 Å². The number of rotatable bonds is 5. The molecule has 0 atom stereocenters. The van der Waals surface area contributed by atoms with Crippen LogP contribution >= 0.6 is 23.3 Å². The van der Waals surface area contributed by atoms with Gasteiger partial charge in [0, 0.05) is 5.56 Å². The normalized spacial score (nSPS) is 10.4. The van der Waals surface area contributed by atoms with Crippen molar-refractivity contribution in [3.8, 4) is 11.8 Å². The van der Waals surface area contributed by atoms with E-state index in [2.05, 4.69) is 21.0 Å². The van der Waals surface area contributed by atoms with E-state index in [1.165, 1.54) is 23.3 Å². The van der Waals surface area contributed by atoms with Crippen LogP contribution in [-0.2, 0) is 0 Å². The van der Waals surface area contributed by atoms with E-state index in [1.54, 1.807) is 13.3 Å². The fraction of sp³-hybridized carbons (Fsp3) is 0.154. The molecule has 0 amide bonds. The van der Waals surface area contributed by atoms with Crippen LogP contribution in [0.15, 0.2) is 34.4 Å². The van der Waals surface area contributed by atoms with Crippen molar-refractivity contribution >= 4 is 34.5 Å². The van der Waals surface area contributed by atoms with Crippen LogP contribution in [0.1, 0.15) is 11.1 Å². The van der Waals surface area contributed by atoms with Crippen molar-refractivity contribution in [1.29, 1.82) is 5.26 Å². The van der Waals surface area contributed by atoms with Crippen LogP contribution in [-0.4, -0.2) is 24.0 Å². The smallest absolute Gasteiger partial charge is 0.148 e. The topological polar surface area (TPSA) is 70.3 Å². The van der Waals surface area contributed by atoms with Crippen LogP contribution in [0.25, 0.3) is 0 Å². The number of hydrazone groups is 1. The van der Waals surface area contributed by atoms with Gasteiger partial charge in [-0.1, -0.05) is 12.1 Å². The quantitative estimate of drug-likeness (QED) is 0.522. The number of hydrogen-bond acceptors (Lipinski definition) is 7. The molecule has 0 saturated heterocycles. The first-order valence-electron chi connectivity index (χ1n) is 5.66. The zero-order chi connectivity index (χ0) is 14.4. The van der Waals surface area contributed by atoms with Crippen LogP contribution in [0, 0.1) is 11.3 Å². The molecule has 0 aliphatic rings. The molecule has 0 fully saturated rings. The summed E-state index contributed by atoms with van der Waals surface area (Å²) in [6.45, 7) is 0. The van der Waals surface area contributed by atoms with E-state index in [-0.39, 0.29) is 0 Å². The molecule has 0 unspecified atom stereocenters. The Morgan fingerprint density at radius 2 is 2.30 bits per heavy atom. The van der Waals surface area contributed by atoms with Crippen LogP contribution in [0.4, 0.5) is 5.00 Å². The second kappa shape index (κ2) is 6.93. The summed E-state index contributed by atoms with van der Waals surface area (Å²) in [4.78, 5) is 0. The van der Waals surface area contributed by atoms with Gasteiger partial charge in [-0.15, -0.1) is 11.8 Å². The van der Waals surface area contributed by atoms with E-state index in [0.717, 1.165) is 11.3 Å². The number of anilines is 1. The third kappa shape index (κ3) is 3.10. The molecule has 0 aliphatic heterocycles. The summed E-state index contributed by atoms with van der Waals surface area (Å²) in [6, 6.07) is 9.69. The van der Waals surface area contributed by atoms with Gasteiger partial charge in [0.25, 0.3) is 0 Å². The molecule has 7 heteroatoms. The first-order chi connectivity index (χ1) is 9.80. The van der Waals surface area contributed by atoms with E-state index in [1.807, 2.05) is 30.5 Å². The predicted octanol–water partition coefficient (Wildman–Crippen LogP) is 3.19. The number of thioether (sulfide) groups is 1. The molecule has 0 spiro atoms. The number of para-hydroxylation sites is 1. The SMILES string of the molecule is COc1ccccc1/C=N/Nc1snc(SC)c1C#N. The van der Waals surface area contributed by atoms with Gasteiger partial charge in [-0.2, -0.15) is 14.7 Å². The molecule has 0 radical (unpaired) electrons. The minimum absolute atomic E-state index is 0.527. The molecule has 1 heterocycles. The largest absolute Gasteiger partial charge is 0.496 e. The molecule has 102 valence electrons. The maximum absolute atomic E-state index is 9.11. The van der Waals surface area contributed by atoms with Gasteiger partial charge in [-0.3, -0.25) is 5.43 Å². The maximum Gasteiger partial charge on any atom is 0.148 e. The third-order valence-electron chi connectivity index (χ3n) is 2.47. The maximum atomic E-state index is 9.11. The zero-order valence-electron chi connectivity index (χ0n) is 11.0. The number of nitrogens with zero attached hydrogens (tertiary/aromatic N) is 3. The van der Waals surface area contributed by atoms with E-state index in [9.17, 15) is 0 Å². The van der Waals surface area contributed by atoms with Crippen molar-refractivity contribution < 1.29 is 4.74 Å². The first kappa shape index (κ1) is 14.4. The second-order valence-electron chi connectivity index (χ2n) is 3.62. The zero-order valence-corrected chi connectivity index (χ0v) is 12.6. The van der Waals surface area contributed by atoms with E-state index < -0.39 is 0 Å². The molecule has 1 aromatic heterocycles. The van der Waals surface area contributed by atoms with Gasteiger partial charge in [0.2, 0.25) is 0 Å². The monoisotopic (exact) mass is 304 g/mol. The second-order valence-corrected chi connectivity index (χ2v) is 5.19. The summed E-state index contributed by atoms with van der Waals surface area (Å²) < 4.78 is 9.42. The molecule has 0 bridgehead atoms. The Kier molecular flexibility index (Phi) is 4.98. The lowest BCUT2D eigenvalue weighted by atomic mass is 10.2. The Hall–Kier alpha value is -2.04. The Morgan fingerprint density at radius 3 is 3.00 bits per heavy atom. The summed E-state index contributed by atoms with van der Waals surface area (Å²) in [6.07, 6.45) is 3.54. The van der Waals surface area contributed by atoms with Crippen molar-refractivity contribution in [2.45, 2.75) is 5.03 Å². The van der Waals surface area contributed by atoms with Gasteiger partial charge in [0.05, 0.1) is 13.3 Å². The molecule has 2 aromatic rings. The van der Waals surface area contributed by atoms with Crippen molar-refractivity contribution in [1.82, 2.24) is 4.37 Å². The predicted molar refractivity (Wildman–Crippen MR) is 82.8 cm³/mol. The van der Waals surface area contributed by atoms with E-state index >= 15 is 0 Å². The van der Waals surface area contributed by atoms with Crippen LogP contribution < -0.4 is 10.2 Å². The summed E-state index contributed by atoms with van der Waals surface area (Å²) in [5.74, 6) is 0.743. The molecule has 2 rings (SSSR count).